The number of rotatable bonds is 2. The Balaban J connectivity index is 2.09. The number of nitrogens with zero attached hydrogens (tertiary/aromatic N) is 1. The van der Waals surface area contributed by atoms with Crippen molar-refractivity contribution >= 4 is 16.1 Å². The van der Waals surface area contributed by atoms with Gasteiger partial charge in [-0.25, -0.2) is 17.9 Å². The monoisotopic (exact) mass is 390 g/mol. The smallest absolute Gasteiger partial charge is 0.410 e. The number of hydrogen-bond acceptors (Lipinski definition) is 5. The van der Waals surface area contributed by atoms with Gasteiger partial charge in [-0.05, 0) is 61.3 Å². The van der Waals surface area contributed by atoms with E-state index >= 15 is 0 Å². The van der Waals surface area contributed by atoms with Gasteiger partial charge in [0.1, 0.15) is 5.60 Å². The van der Waals surface area contributed by atoms with E-state index in [2.05, 4.69) is 4.72 Å². The van der Waals surface area contributed by atoms with E-state index in [9.17, 15) is 13.2 Å². The molecule has 2 heterocycles. The maximum atomic E-state index is 12.7. The first-order valence-corrected chi connectivity index (χ1v) is 10.8. The Hall–Kier alpha value is -0.860. The van der Waals surface area contributed by atoms with Crippen LogP contribution in [-0.4, -0.2) is 61.6 Å². The Bertz CT molecular complexity index is 625. The summed E-state index contributed by atoms with van der Waals surface area (Å²) in [4.78, 5) is 14.0. The largest absolute Gasteiger partial charge is 0.444 e. The lowest BCUT2D eigenvalue weighted by Gasteiger charge is -2.43. The van der Waals surface area contributed by atoms with Crippen LogP contribution in [0.25, 0.3) is 0 Å². The molecule has 2 rings (SSSR count). The van der Waals surface area contributed by atoms with Crippen molar-refractivity contribution in [2.24, 2.45) is 5.41 Å². The Morgan fingerprint density at radius 1 is 1.15 bits per heavy atom. The van der Waals surface area contributed by atoms with Gasteiger partial charge in [-0.15, -0.1) is 0 Å². The van der Waals surface area contributed by atoms with Gasteiger partial charge in [0.25, 0.3) is 0 Å². The van der Waals surface area contributed by atoms with Crippen molar-refractivity contribution in [3.63, 3.8) is 0 Å². The zero-order valence-corrected chi connectivity index (χ0v) is 17.9. The molecule has 7 nitrogen and oxygen atoms in total. The highest BCUT2D eigenvalue weighted by Crippen LogP contribution is 2.43. The highest BCUT2D eigenvalue weighted by Gasteiger charge is 2.52. The molecule has 0 bridgehead atoms. The molecule has 0 unspecified atom stereocenters. The zero-order valence-electron chi connectivity index (χ0n) is 17.1. The lowest BCUT2D eigenvalue weighted by atomic mass is 9.73. The second-order valence-corrected chi connectivity index (χ2v) is 12.0. The average Bonchev–Trinajstić information content (AvgIpc) is 2.74. The van der Waals surface area contributed by atoms with Gasteiger partial charge in [0, 0.05) is 18.5 Å². The molecule has 1 amide bonds. The van der Waals surface area contributed by atoms with Crippen LogP contribution < -0.4 is 4.72 Å². The number of hydrogen-bond donors (Lipinski definition) is 1. The zero-order chi connectivity index (χ0) is 20.0. The predicted molar refractivity (Wildman–Crippen MR) is 100 cm³/mol. The first-order chi connectivity index (χ1) is 11.7. The second-order valence-electron chi connectivity index (χ2n) is 9.56. The van der Waals surface area contributed by atoms with Gasteiger partial charge < -0.3 is 14.4 Å². The summed E-state index contributed by atoms with van der Waals surface area (Å²) in [6.45, 7) is 14.1. The number of nitrogens with one attached hydrogen (secondary N) is 1. The normalized spacial score (nSPS) is 27.0. The quantitative estimate of drug-likeness (QED) is 0.783. The fourth-order valence-electron chi connectivity index (χ4n) is 3.46. The number of ether oxygens (including phenoxy) is 2. The molecule has 0 saturated carbocycles. The Labute approximate surface area is 157 Å². The van der Waals surface area contributed by atoms with Gasteiger partial charge in [0.15, 0.2) is 0 Å². The minimum absolute atomic E-state index is 0.194. The van der Waals surface area contributed by atoms with Crippen molar-refractivity contribution < 1.29 is 22.7 Å². The summed E-state index contributed by atoms with van der Waals surface area (Å²) >= 11 is 0. The molecule has 8 heteroatoms. The molecule has 1 N–H and O–H groups in total. The van der Waals surface area contributed by atoms with Crippen LogP contribution in [0.4, 0.5) is 4.79 Å². The van der Waals surface area contributed by atoms with Crippen LogP contribution in [0.3, 0.4) is 0 Å². The van der Waals surface area contributed by atoms with E-state index in [-0.39, 0.29) is 23.7 Å². The highest BCUT2D eigenvalue weighted by molar-refractivity contribution is 7.90. The number of likely N-dealkylation sites (tertiary alicyclic amines) is 1. The number of sulfonamides is 1. The molecule has 0 aromatic carbocycles. The van der Waals surface area contributed by atoms with Crippen molar-refractivity contribution in [3.05, 3.63) is 0 Å². The van der Waals surface area contributed by atoms with Crippen LogP contribution >= 0.6 is 0 Å². The van der Waals surface area contributed by atoms with Crippen LogP contribution in [0.15, 0.2) is 0 Å². The molecule has 2 aliphatic heterocycles. The van der Waals surface area contributed by atoms with Crippen LogP contribution in [0.1, 0.15) is 61.3 Å². The fourth-order valence-corrected chi connectivity index (χ4v) is 4.59. The van der Waals surface area contributed by atoms with E-state index in [4.69, 9.17) is 9.47 Å². The summed E-state index contributed by atoms with van der Waals surface area (Å²) in [6.07, 6.45) is 0.869. The Kier molecular flexibility index (Phi) is 5.73. The molecule has 2 atom stereocenters. The molecule has 0 aromatic heterocycles. The number of carbonyl (C=O) groups excluding carboxylic acids is 1. The van der Waals surface area contributed by atoms with Crippen molar-refractivity contribution in [2.45, 2.75) is 83.8 Å². The molecule has 0 radical (unpaired) electrons. The van der Waals surface area contributed by atoms with Crippen LogP contribution in [-0.2, 0) is 19.5 Å². The van der Waals surface area contributed by atoms with Crippen molar-refractivity contribution in [3.8, 4) is 0 Å². The Morgan fingerprint density at radius 3 is 2.15 bits per heavy atom. The summed E-state index contributed by atoms with van der Waals surface area (Å²) in [7, 11) is -3.48. The molecule has 0 aromatic rings. The molecule has 2 aliphatic rings. The fraction of sp³-hybridized carbons (Fsp3) is 0.944. The van der Waals surface area contributed by atoms with Crippen LogP contribution in [0, 0.1) is 5.41 Å². The summed E-state index contributed by atoms with van der Waals surface area (Å²) in [5, 5.41) is 0. The number of amides is 1. The summed E-state index contributed by atoms with van der Waals surface area (Å²) in [5.41, 5.74) is -0.807. The predicted octanol–water partition coefficient (Wildman–Crippen LogP) is 2.51. The van der Waals surface area contributed by atoms with E-state index in [0.29, 0.717) is 32.5 Å². The SMILES string of the molecule is C[C@H]1OCC2(CCN(C(=O)OC(C)(C)C)CC2)[C@H]1NS(=O)(=O)C(C)(C)C. The maximum Gasteiger partial charge on any atom is 0.410 e. The van der Waals surface area contributed by atoms with Crippen LogP contribution in [0.2, 0.25) is 0 Å². The third-order valence-corrected chi connectivity index (χ3v) is 7.44. The second kappa shape index (κ2) is 6.95. The highest BCUT2D eigenvalue weighted by atomic mass is 32.2. The summed E-state index contributed by atoms with van der Waals surface area (Å²) in [6, 6.07) is -0.285. The Morgan fingerprint density at radius 2 is 1.69 bits per heavy atom. The van der Waals surface area contributed by atoms with Gasteiger partial charge >= 0.3 is 6.09 Å². The van der Waals surface area contributed by atoms with Gasteiger partial charge in [0.2, 0.25) is 10.0 Å². The van der Waals surface area contributed by atoms with E-state index in [1.54, 1.807) is 25.7 Å². The third-order valence-electron chi connectivity index (χ3n) is 5.26. The minimum Gasteiger partial charge on any atom is -0.444 e. The van der Waals surface area contributed by atoms with Crippen molar-refractivity contribution in [1.29, 1.82) is 0 Å². The minimum atomic E-state index is -3.48. The van der Waals surface area contributed by atoms with Gasteiger partial charge in [-0.2, -0.15) is 0 Å². The molecule has 26 heavy (non-hydrogen) atoms. The topological polar surface area (TPSA) is 84.9 Å². The van der Waals surface area contributed by atoms with Gasteiger partial charge in [-0.1, -0.05) is 0 Å². The van der Waals surface area contributed by atoms with E-state index in [0.717, 1.165) is 0 Å². The summed E-state index contributed by atoms with van der Waals surface area (Å²) < 4.78 is 38.6. The van der Waals surface area contributed by atoms with E-state index in [1.807, 2.05) is 27.7 Å². The number of piperidine rings is 1. The lowest BCUT2D eigenvalue weighted by Crippen LogP contribution is -2.57. The van der Waals surface area contributed by atoms with Crippen LogP contribution in [0.5, 0.6) is 0 Å². The molecule has 2 fully saturated rings. The molecule has 1 spiro atoms. The van der Waals surface area contributed by atoms with Crippen molar-refractivity contribution in [2.75, 3.05) is 19.7 Å². The van der Waals surface area contributed by atoms with E-state index in [1.165, 1.54) is 0 Å². The standard InChI is InChI=1S/C18H34N2O5S/c1-13-14(19-26(22,23)17(5,6)7)18(12-24-13)8-10-20(11-9-18)15(21)25-16(2,3)4/h13-14,19H,8-12H2,1-7H3/t13-,14+/m1/s1. The van der Waals surface area contributed by atoms with Crippen molar-refractivity contribution in [1.82, 2.24) is 9.62 Å². The van der Waals surface area contributed by atoms with Gasteiger partial charge in [0.05, 0.1) is 23.5 Å². The number of carbonyl (C=O) groups is 1. The first kappa shape index (κ1) is 21.4. The molecule has 2 saturated heterocycles. The molecule has 152 valence electrons. The average molecular weight is 391 g/mol. The third kappa shape index (κ3) is 4.51. The summed E-state index contributed by atoms with van der Waals surface area (Å²) in [5.74, 6) is 0. The lowest BCUT2D eigenvalue weighted by molar-refractivity contribution is 0.00643. The molecular formula is C18H34N2O5S. The van der Waals surface area contributed by atoms with E-state index < -0.39 is 20.4 Å². The van der Waals surface area contributed by atoms with Gasteiger partial charge in [-0.3, -0.25) is 0 Å². The molecular weight excluding hydrogens is 356 g/mol. The molecule has 0 aliphatic carbocycles. The maximum absolute atomic E-state index is 12.7. The first-order valence-electron chi connectivity index (χ1n) is 9.28.